The highest BCUT2D eigenvalue weighted by atomic mass is 16.7. The number of carbonyl (C=O) groups is 1. The molecule has 9 unspecified atom stereocenters. The minimum atomic E-state index is -0.432. The van der Waals surface area contributed by atoms with E-state index >= 15 is 0 Å². The van der Waals surface area contributed by atoms with Gasteiger partial charge in [0, 0.05) is 13.1 Å². The fourth-order valence-electron chi connectivity index (χ4n) is 10.1. The van der Waals surface area contributed by atoms with Crippen LogP contribution >= 0.6 is 0 Å². The number of carbonyl (C=O) groups excluding carboxylic acids is 1. The molecule has 4 aliphatic carbocycles. The van der Waals surface area contributed by atoms with Crippen molar-refractivity contribution >= 4 is 6.16 Å². The first-order valence-electron chi connectivity index (χ1n) is 16.3. The van der Waals surface area contributed by atoms with E-state index in [1.807, 2.05) is 0 Å². The van der Waals surface area contributed by atoms with Gasteiger partial charge >= 0.3 is 6.16 Å². The molecule has 5 rings (SSSR count). The highest BCUT2D eigenvalue weighted by Crippen LogP contribution is 2.67. The number of ether oxygens (including phenoxy) is 2. The lowest BCUT2D eigenvalue weighted by atomic mass is 9.46. The molecule has 216 valence electrons. The van der Waals surface area contributed by atoms with Crippen LogP contribution in [0.3, 0.4) is 0 Å². The number of allylic oxidation sites excluding steroid dienone is 2. The normalized spacial score (nSPS) is 42.3. The van der Waals surface area contributed by atoms with Gasteiger partial charge in [-0.2, -0.15) is 0 Å². The Kier molecular flexibility index (Phi) is 8.59. The molecule has 4 nitrogen and oxygen atoms in total. The highest BCUT2D eigenvalue weighted by Gasteiger charge is 2.59. The van der Waals surface area contributed by atoms with Crippen molar-refractivity contribution in [1.29, 1.82) is 0 Å². The molecular weight excluding hydrogens is 470 g/mol. The van der Waals surface area contributed by atoms with E-state index in [1.54, 1.807) is 0 Å². The van der Waals surface area contributed by atoms with Crippen molar-refractivity contribution in [2.75, 3.05) is 20.1 Å². The zero-order valence-corrected chi connectivity index (χ0v) is 25.4. The van der Waals surface area contributed by atoms with Crippen molar-refractivity contribution < 1.29 is 14.3 Å². The van der Waals surface area contributed by atoms with Crippen LogP contribution in [0, 0.1) is 52.3 Å². The molecule has 38 heavy (non-hydrogen) atoms. The minimum absolute atomic E-state index is 0.00412. The molecular formula is C34H57NO3. The van der Waals surface area contributed by atoms with Crippen LogP contribution < -0.4 is 0 Å². The number of hydrogen-bond donors (Lipinski definition) is 0. The molecule has 0 aromatic rings. The first-order valence-corrected chi connectivity index (χ1v) is 16.3. The topological polar surface area (TPSA) is 38.8 Å². The average Bonchev–Trinajstić information content (AvgIpc) is 3.23. The van der Waals surface area contributed by atoms with Crippen LogP contribution in [-0.4, -0.2) is 43.4 Å². The first-order chi connectivity index (χ1) is 18.1. The molecule has 4 heteroatoms. The van der Waals surface area contributed by atoms with Gasteiger partial charge in [-0.05, 0) is 117 Å². The number of fused-ring (bicyclic) bond motifs is 5. The number of rotatable bonds is 7. The summed E-state index contributed by atoms with van der Waals surface area (Å²) in [5.74, 6) is 5.50. The standard InChI is InChI=1S/C34H57NO3/c1-23(2)8-7-9-24(3)29-12-13-30-28-11-10-25-22-27(38-32(36)37-26-16-20-35(6)21-17-26)14-18-33(25,4)31(28)15-19-34(29,30)5/h10-11,23-31H,7-9,12-22H2,1-6H3. The van der Waals surface area contributed by atoms with E-state index in [1.165, 1.54) is 51.4 Å². The van der Waals surface area contributed by atoms with Gasteiger partial charge in [0.1, 0.15) is 12.2 Å². The summed E-state index contributed by atoms with van der Waals surface area (Å²) in [7, 11) is 2.13. The Bertz CT molecular complexity index is 847. The van der Waals surface area contributed by atoms with Gasteiger partial charge in [0.2, 0.25) is 0 Å². The summed E-state index contributed by atoms with van der Waals surface area (Å²) in [6, 6.07) is 0. The smallest absolute Gasteiger partial charge is 0.431 e. The Morgan fingerprint density at radius 1 is 0.868 bits per heavy atom. The van der Waals surface area contributed by atoms with Gasteiger partial charge in [-0.1, -0.05) is 66.0 Å². The summed E-state index contributed by atoms with van der Waals surface area (Å²) in [4.78, 5) is 14.9. The summed E-state index contributed by atoms with van der Waals surface area (Å²) in [5.41, 5.74) is 0.864. The number of hydrogen-bond acceptors (Lipinski definition) is 4. The first kappa shape index (κ1) is 28.5. The molecule has 1 heterocycles. The van der Waals surface area contributed by atoms with Gasteiger partial charge in [0.25, 0.3) is 0 Å². The summed E-state index contributed by atoms with van der Waals surface area (Å²) >= 11 is 0. The Morgan fingerprint density at radius 3 is 2.29 bits per heavy atom. The highest BCUT2D eigenvalue weighted by molar-refractivity contribution is 5.60. The average molecular weight is 528 g/mol. The largest absolute Gasteiger partial charge is 0.508 e. The zero-order valence-electron chi connectivity index (χ0n) is 25.4. The van der Waals surface area contributed by atoms with Crippen LogP contribution in [0.5, 0.6) is 0 Å². The Morgan fingerprint density at radius 2 is 1.55 bits per heavy atom. The van der Waals surface area contributed by atoms with Crippen molar-refractivity contribution in [2.24, 2.45) is 52.3 Å². The van der Waals surface area contributed by atoms with Gasteiger partial charge in [-0.15, -0.1) is 0 Å². The lowest BCUT2D eigenvalue weighted by Gasteiger charge is -2.59. The van der Waals surface area contributed by atoms with E-state index in [2.05, 4.69) is 58.7 Å². The maximum absolute atomic E-state index is 12.6. The molecule has 4 fully saturated rings. The molecule has 5 aliphatic rings. The van der Waals surface area contributed by atoms with Crippen molar-refractivity contribution in [3.8, 4) is 0 Å². The Balaban J connectivity index is 1.19. The van der Waals surface area contributed by atoms with Crippen LogP contribution in [0.4, 0.5) is 4.79 Å². The number of likely N-dealkylation sites (tertiary alicyclic amines) is 1. The van der Waals surface area contributed by atoms with E-state index in [-0.39, 0.29) is 12.2 Å². The molecule has 0 aromatic carbocycles. The number of piperidine rings is 1. The zero-order chi connectivity index (χ0) is 27.1. The molecule has 0 radical (unpaired) electrons. The predicted octanol–water partition coefficient (Wildman–Crippen LogP) is 8.50. The van der Waals surface area contributed by atoms with Crippen molar-refractivity contribution in [3.05, 3.63) is 12.2 Å². The molecule has 0 N–H and O–H groups in total. The van der Waals surface area contributed by atoms with Crippen LogP contribution in [0.2, 0.25) is 0 Å². The van der Waals surface area contributed by atoms with Crippen LogP contribution in [0.1, 0.15) is 112 Å². The molecule has 0 spiro atoms. The predicted molar refractivity (Wildman–Crippen MR) is 155 cm³/mol. The van der Waals surface area contributed by atoms with Gasteiger partial charge in [-0.25, -0.2) is 4.79 Å². The molecule has 1 aliphatic heterocycles. The number of nitrogens with zero attached hydrogens (tertiary/aromatic N) is 1. The molecule has 0 aromatic heterocycles. The second kappa shape index (κ2) is 11.5. The van der Waals surface area contributed by atoms with E-state index in [0.29, 0.717) is 16.7 Å². The summed E-state index contributed by atoms with van der Waals surface area (Å²) < 4.78 is 11.6. The van der Waals surface area contributed by atoms with Crippen molar-refractivity contribution in [1.82, 2.24) is 4.90 Å². The summed E-state index contributed by atoms with van der Waals surface area (Å²) in [6.07, 6.45) is 19.6. The van der Waals surface area contributed by atoms with Gasteiger partial charge in [-0.3, -0.25) is 0 Å². The van der Waals surface area contributed by atoms with Gasteiger partial charge in [0.15, 0.2) is 0 Å². The Hall–Kier alpha value is -1.03. The van der Waals surface area contributed by atoms with E-state index in [0.717, 1.165) is 74.3 Å². The summed E-state index contributed by atoms with van der Waals surface area (Å²) in [5, 5.41) is 0. The monoisotopic (exact) mass is 527 g/mol. The SMILES string of the molecule is CC(C)CCCC(C)C1CCC2C3C=CC4CC(OC(=O)OC5CCN(C)CC5)CCC4(C)C3CCC12C. The third-order valence-electron chi connectivity index (χ3n) is 12.5. The summed E-state index contributed by atoms with van der Waals surface area (Å²) in [6.45, 7) is 14.5. The van der Waals surface area contributed by atoms with E-state index in [9.17, 15) is 4.79 Å². The maximum atomic E-state index is 12.6. The molecule has 0 amide bonds. The van der Waals surface area contributed by atoms with Crippen LogP contribution in [0.25, 0.3) is 0 Å². The Labute approximate surface area is 233 Å². The minimum Gasteiger partial charge on any atom is -0.431 e. The van der Waals surface area contributed by atoms with E-state index < -0.39 is 6.16 Å². The third kappa shape index (κ3) is 5.59. The molecule has 9 atom stereocenters. The van der Waals surface area contributed by atoms with Gasteiger partial charge < -0.3 is 14.4 Å². The quantitative estimate of drug-likeness (QED) is 0.246. The lowest BCUT2D eigenvalue weighted by Crippen LogP contribution is -2.52. The van der Waals surface area contributed by atoms with Crippen LogP contribution in [0.15, 0.2) is 12.2 Å². The van der Waals surface area contributed by atoms with Gasteiger partial charge in [0.05, 0.1) is 0 Å². The molecule has 1 saturated heterocycles. The lowest BCUT2D eigenvalue weighted by molar-refractivity contribution is -0.0915. The second-order valence-corrected chi connectivity index (χ2v) is 15.2. The third-order valence-corrected chi connectivity index (χ3v) is 12.5. The molecule has 0 bridgehead atoms. The fraction of sp³-hybridized carbons (Fsp3) is 0.912. The van der Waals surface area contributed by atoms with Crippen molar-refractivity contribution in [3.63, 3.8) is 0 Å². The van der Waals surface area contributed by atoms with E-state index in [4.69, 9.17) is 9.47 Å². The van der Waals surface area contributed by atoms with Crippen molar-refractivity contribution in [2.45, 2.75) is 124 Å². The fourth-order valence-corrected chi connectivity index (χ4v) is 10.1. The molecule has 3 saturated carbocycles. The second-order valence-electron chi connectivity index (χ2n) is 15.2. The maximum Gasteiger partial charge on any atom is 0.508 e. The van der Waals surface area contributed by atoms with Crippen LogP contribution in [-0.2, 0) is 9.47 Å².